The lowest BCUT2D eigenvalue weighted by Crippen LogP contribution is -2.26. The standard InChI is InChI=1S/C16H18N2O4.2ClH/c1-21-16(20)12-4-7-15(18-9-12)22-14-5-2-11(3-6-14)8-13(17)10-19;;/h2-7,9,13,19H,8,10,17H2,1H3;2*1H. The van der Waals surface area contributed by atoms with E-state index < -0.39 is 5.97 Å². The highest BCUT2D eigenvalue weighted by Crippen LogP contribution is 2.20. The first-order valence-electron chi connectivity index (χ1n) is 6.80. The monoisotopic (exact) mass is 374 g/mol. The number of pyridine rings is 1. The van der Waals surface area contributed by atoms with E-state index in [9.17, 15) is 4.79 Å². The summed E-state index contributed by atoms with van der Waals surface area (Å²) in [5.41, 5.74) is 7.07. The van der Waals surface area contributed by atoms with Crippen LogP contribution >= 0.6 is 24.8 Å². The molecule has 0 saturated carbocycles. The summed E-state index contributed by atoms with van der Waals surface area (Å²) in [6.07, 6.45) is 2.00. The zero-order valence-corrected chi connectivity index (χ0v) is 14.7. The van der Waals surface area contributed by atoms with Gasteiger partial charge in [0.2, 0.25) is 5.88 Å². The average Bonchev–Trinajstić information content (AvgIpc) is 2.56. The fourth-order valence-corrected chi connectivity index (χ4v) is 1.86. The van der Waals surface area contributed by atoms with Gasteiger partial charge in [-0.2, -0.15) is 0 Å². The van der Waals surface area contributed by atoms with E-state index in [2.05, 4.69) is 9.72 Å². The molecule has 0 fully saturated rings. The van der Waals surface area contributed by atoms with Gasteiger partial charge in [0.15, 0.2) is 0 Å². The van der Waals surface area contributed by atoms with E-state index in [1.165, 1.54) is 13.3 Å². The zero-order chi connectivity index (χ0) is 15.9. The third-order valence-electron chi connectivity index (χ3n) is 3.04. The number of esters is 1. The number of hydrogen-bond donors (Lipinski definition) is 2. The summed E-state index contributed by atoms with van der Waals surface area (Å²) >= 11 is 0. The second kappa shape index (κ2) is 10.8. The zero-order valence-electron chi connectivity index (χ0n) is 13.0. The highest BCUT2D eigenvalue weighted by atomic mass is 35.5. The van der Waals surface area contributed by atoms with Crippen molar-refractivity contribution in [3.8, 4) is 11.6 Å². The largest absolute Gasteiger partial charge is 0.465 e. The van der Waals surface area contributed by atoms with Gasteiger partial charge in [0, 0.05) is 18.3 Å². The number of methoxy groups -OCH3 is 1. The van der Waals surface area contributed by atoms with Crippen molar-refractivity contribution < 1.29 is 19.4 Å². The summed E-state index contributed by atoms with van der Waals surface area (Å²) in [7, 11) is 1.32. The van der Waals surface area contributed by atoms with Gasteiger partial charge < -0.3 is 20.3 Å². The molecule has 1 heterocycles. The van der Waals surface area contributed by atoms with Crippen LogP contribution in [0.5, 0.6) is 11.6 Å². The molecular weight excluding hydrogens is 355 g/mol. The van der Waals surface area contributed by atoms with Crippen LogP contribution in [0.25, 0.3) is 0 Å². The molecule has 0 saturated heterocycles. The van der Waals surface area contributed by atoms with Crippen LogP contribution in [-0.2, 0) is 11.2 Å². The third kappa shape index (κ3) is 6.33. The Bertz CT molecular complexity index is 621. The lowest BCUT2D eigenvalue weighted by atomic mass is 10.1. The molecule has 0 spiro atoms. The molecule has 2 aromatic rings. The number of aliphatic hydroxyl groups excluding tert-OH is 1. The van der Waals surface area contributed by atoms with Crippen LogP contribution < -0.4 is 10.5 Å². The number of nitrogens with two attached hydrogens (primary N) is 1. The molecule has 24 heavy (non-hydrogen) atoms. The average molecular weight is 375 g/mol. The molecule has 0 aliphatic heterocycles. The van der Waals surface area contributed by atoms with E-state index in [0.29, 0.717) is 23.6 Å². The Labute approximate surface area is 152 Å². The van der Waals surface area contributed by atoms with Crippen LogP contribution in [0.3, 0.4) is 0 Å². The first-order valence-corrected chi connectivity index (χ1v) is 6.80. The third-order valence-corrected chi connectivity index (χ3v) is 3.04. The molecule has 2 rings (SSSR count). The Morgan fingerprint density at radius 2 is 1.88 bits per heavy atom. The van der Waals surface area contributed by atoms with E-state index in [0.717, 1.165) is 5.56 Å². The van der Waals surface area contributed by atoms with E-state index in [-0.39, 0.29) is 37.5 Å². The van der Waals surface area contributed by atoms with Crippen LogP contribution in [0.15, 0.2) is 42.6 Å². The number of carbonyl (C=O) groups is 1. The topological polar surface area (TPSA) is 94.7 Å². The Morgan fingerprint density at radius 1 is 1.21 bits per heavy atom. The minimum absolute atomic E-state index is 0. The van der Waals surface area contributed by atoms with Gasteiger partial charge in [-0.3, -0.25) is 0 Å². The predicted octanol–water partition coefficient (Wildman–Crippen LogP) is 2.37. The number of aromatic nitrogens is 1. The van der Waals surface area contributed by atoms with Gasteiger partial charge in [-0.15, -0.1) is 24.8 Å². The molecule has 0 radical (unpaired) electrons. The number of carbonyl (C=O) groups excluding carboxylic acids is 1. The van der Waals surface area contributed by atoms with Crippen molar-refractivity contribution >= 4 is 30.8 Å². The second-order valence-corrected chi connectivity index (χ2v) is 4.77. The van der Waals surface area contributed by atoms with Gasteiger partial charge in [-0.1, -0.05) is 12.1 Å². The van der Waals surface area contributed by atoms with Gasteiger partial charge in [-0.05, 0) is 30.2 Å². The van der Waals surface area contributed by atoms with Gasteiger partial charge in [0.05, 0.1) is 19.3 Å². The smallest absolute Gasteiger partial charge is 0.339 e. The Balaban J connectivity index is 0.00000264. The van der Waals surface area contributed by atoms with Crippen molar-refractivity contribution in [3.05, 3.63) is 53.7 Å². The maximum Gasteiger partial charge on any atom is 0.339 e. The SMILES string of the molecule is COC(=O)c1ccc(Oc2ccc(CC(N)CO)cc2)nc1.Cl.Cl. The molecule has 1 aromatic heterocycles. The number of hydrogen-bond acceptors (Lipinski definition) is 6. The molecule has 3 N–H and O–H groups in total. The normalized spacial score (nSPS) is 10.8. The first-order chi connectivity index (χ1) is 10.6. The van der Waals surface area contributed by atoms with Gasteiger partial charge in [0.25, 0.3) is 0 Å². The Kier molecular flexibility index (Phi) is 9.99. The molecule has 132 valence electrons. The fourth-order valence-electron chi connectivity index (χ4n) is 1.86. The fraction of sp³-hybridized carbons (Fsp3) is 0.250. The number of aliphatic hydroxyl groups is 1. The summed E-state index contributed by atoms with van der Waals surface area (Å²) < 4.78 is 10.2. The highest BCUT2D eigenvalue weighted by Gasteiger charge is 2.07. The number of benzene rings is 1. The molecule has 0 aliphatic carbocycles. The number of ether oxygens (including phenoxy) is 2. The lowest BCUT2D eigenvalue weighted by Gasteiger charge is -2.09. The molecule has 1 atom stereocenters. The van der Waals surface area contributed by atoms with Crippen molar-refractivity contribution in [2.75, 3.05) is 13.7 Å². The van der Waals surface area contributed by atoms with Crippen molar-refractivity contribution in [1.29, 1.82) is 0 Å². The molecule has 8 heteroatoms. The molecule has 1 unspecified atom stereocenters. The maximum atomic E-state index is 11.3. The summed E-state index contributed by atoms with van der Waals surface area (Å²) in [6, 6.07) is 10.3. The Hall–Kier alpha value is -1.86. The number of nitrogens with zero attached hydrogens (tertiary/aromatic N) is 1. The van der Waals surface area contributed by atoms with Crippen molar-refractivity contribution in [1.82, 2.24) is 4.98 Å². The summed E-state index contributed by atoms with van der Waals surface area (Å²) in [5, 5.41) is 8.93. The van der Waals surface area contributed by atoms with Crippen molar-refractivity contribution in [2.45, 2.75) is 12.5 Å². The Morgan fingerprint density at radius 3 is 2.38 bits per heavy atom. The van der Waals surface area contributed by atoms with E-state index in [1.807, 2.05) is 12.1 Å². The quantitative estimate of drug-likeness (QED) is 0.753. The summed E-state index contributed by atoms with van der Waals surface area (Å²) in [6.45, 7) is -0.0469. The predicted molar refractivity (Wildman–Crippen MR) is 95.4 cm³/mol. The molecular formula is C16H20Cl2N2O4. The van der Waals surface area contributed by atoms with Crippen LogP contribution in [0.1, 0.15) is 15.9 Å². The van der Waals surface area contributed by atoms with E-state index in [4.69, 9.17) is 15.6 Å². The minimum atomic E-state index is -0.441. The van der Waals surface area contributed by atoms with Gasteiger partial charge >= 0.3 is 5.97 Å². The summed E-state index contributed by atoms with van der Waals surface area (Å²) in [5.74, 6) is 0.565. The molecule has 6 nitrogen and oxygen atoms in total. The van der Waals surface area contributed by atoms with Crippen LogP contribution in [0.4, 0.5) is 0 Å². The number of rotatable bonds is 6. The van der Waals surface area contributed by atoms with Crippen molar-refractivity contribution in [3.63, 3.8) is 0 Å². The summed E-state index contributed by atoms with van der Waals surface area (Å²) in [4.78, 5) is 15.4. The van der Waals surface area contributed by atoms with Gasteiger partial charge in [-0.25, -0.2) is 9.78 Å². The van der Waals surface area contributed by atoms with Crippen LogP contribution in [-0.4, -0.2) is 35.8 Å². The second-order valence-electron chi connectivity index (χ2n) is 4.77. The number of halogens is 2. The molecule has 1 aromatic carbocycles. The molecule has 0 bridgehead atoms. The molecule has 0 aliphatic rings. The van der Waals surface area contributed by atoms with E-state index in [1.54, 1.807) is 24.3 Å². The highest BCUT2D eigenvalue weighted by molar-refractivity contribution is 5.88. The van der Waals surface area contributed by atoms with Gasteiger partial charge in [0.1, 0.15) is 5.75 Å². The first kappa shape index (κ1) is 22.1. The molecule has 0 amide bonds. The van der Waals surface area contributed by atoms with Crippen molar-refractivity contribution in [2.24, 2.45) is 5.73 Å². The minimum Gasteiger partial charge on any atom is -0.465 e. The lowest BCUT2D eigenvalue weighted by molar-refractivity contribution is 0.0600. The van der Waals surface area contributed by atoms with E-state index >= 15 is 0 Å². The van der Waals surface area contributed by atoms with Crippen LogP contribution in [0, 0.1) is 0 Å². The van der Waals surface area contributed by atoms with Crippen LogP contribution in [0.2, 0.25) is 0 Å². The maximum absolute atomic E-state index is 11.3.